The first-order valence-corrected chi connectivity index (χ1v) is 7.34. The maximum atomic E-state index is 11.6. The van der Waals surface area contributed by atoms with Gasteiger partial charge >= 0.3 is 11.9 Å². The molecule has 4 nitrogen and oxygen atoms in total. The number of carbonyl (C=O) groups is 2. The molecule has 114 valence electrons. The minimum absolute atomic E-state index is 0.0216. The molecular formula is C15H24O4S. The minimum Gasteiger partial charge on any atom is -0.458 e. The van der Waals surface area contributed by atoms with Crippen LogP contribution in [0.4, 0.5) is 0 Å². The number of ether oxygens (including phenoxy) is 2. The van der Waals surface area contributed by atoms with E-state index in [4.69, 9.17) is 9.47 Å². The van der Waals surface area contributed by atoms with Crippen LogP contribution < -0.4 is 0 Å². The fourth-order valence-corrected chi connectivity index (χ4v) is 1.85. The smallest absolute Gasteiger partial charge is 0.333 e. The van der Waals surface area contributed by atoms with Gasteiger partial charge in [-0.2, -0.15) is 11.8 Å². The molecule has 0 aromatic heterocycles. The Morgan fingerprint density at radius 2 is 1.60 bits per heavy atom. The second kappa shape index (κ2) is 8.15. The molecule has 0 spiro atoms. The van der Waals surface area contributed by atoms with Crippen LogP contribution >= 0.6 is 11.8 Å². The fraction of sp³-hybridized carbons (Fsp3) is 0.600. The lowest BCUT2D eigenvalue weighted by atomic mass is 10.3. The van der Waals surface area contributed by atoms with E-state index in [1.807, 2.05) is 0 Å². The van der Waals surface area contributed by atoms with Crippen LogP contribution in [0.2, 0.25) is 0 Å². The third kappa shape index (κ3) is 8.80. The van der Waals surface area contributed by atoms with Crippen molar-refractivity contribution in [3.05, 3.63) is 24.3 Å². The van der Waals surface area contributed by atoms with Crippen LogP contribution in [0.15, 0.2) is 24.3 Å². The quantitative estimate of drug-likeness (QED) is 0.534. The van der Waals surface area contributed by atoms with Gasteiger partial charge in [-0.05, 0) is 13.8 Å². The van der Waals surface area contributed by atoms with Crippen molar-refractivity contribution in [2.24, 2.45) is 0 Å². The van der Waals surface area contributed by atoms with E-state index in [2.05, 4.69) is 33.9 Å². The Morgan fingerprint density at radius 3 is 2.00 bits per heavy atom. The second-order valence-electron chi connectivity index (χ2n) is 5.61. The molecule has 0 fully saturated rings. The maximum absolute atomic E-state index is 11.6. The third-order valence-electron chi connectivity index (χ3n) is 2.07. The van der Waals surface area contributed by atoms with Gasteiger partial charge in [-0.15, -0.1) is 0 Å². The van der Waals surface area contributed by atoms with Crippen molar-refractivity contribution >= 4 is 23.7 Å². The molecule has 0 bridgehead atoms. The SMILES string of the molecule is C=C(C)C(=O)OCC(CSC(C)(C)C)OC(=O)C(=C)C. The lowest BCUT2D eigenvalue weighted by molar-refractivity contribution is -0.152. The van der Waals surface area contributed by atoms with E-state index in [0.29, 0.717) is 16.9 Å². The standard InChI is InChI=1S/C15H24O4S/c1-10(2)13(16)18-8-12(9-20-15(5,6)7)19-14(17)11(3)4/h12H,1,3,8-9H2,2,4-7H3. The number of carbonyl (C=O) groups excluding carboxylic acids is 2. The highest BCUT2D eigenvalue weighted by Gasteiger charge is 2.21. The number of hydrogen-bond acceptors (Lipinski definition) is 5. The van der Waals surface area contributed by atoms with Crippen molar-refractivity contribution < 1.29 is 19.1 Å². The van der Waals surface area contributed by atoms with E-state index in [-0.39, 0.29) is 11.4 Å². The summed E-state index contributed by atoms with van der Waals surface area (Å²) in [4.78, 5) is 22.9. The molecule has 0 radical (unpaired) electrons. The average molecular weight is 300 g/mol. The summed E-state index contributed by atoms with van der Waals surface area (Å²) < 4.78 is 10.4. The third-order valence-corrected chi connectivity index (χ3v) is 3.48. The molecule has 1 atom stereocenters. The first-order valence-electron chi connectivity index (χ1n) is 6.36. The first kappa shape index (κ1) is 18.8. The van der Waals surface area contributed by atoms with Crippen LogP contribution in [0.5, 0.6) is 0 Å². The van der Waals surface area contributed by atoms with Gasteiger partial charge in [0.15, 0.2) is 0 Å². The molecule has 0 saturated heterocycles. The topological polar surface area (TPSA) is 52.6 Å². The average Bonchev–Trinajstić information content (AvgIpc) is 2.30. The summed E-state index contributed by atoms with van der Waals surface area (Å²) in [6.45, 7) is 16.4. The second-order valence-corrected chi connectivity index (χ2v) is 7.46. The van der Waals surface area contributed by atoms with Gasteiger partial charge in [0.05, 0.1) is 0 Å². The van der Waals surface area contributed by atoms with Crippen LogP contribution in [0.1, 0.15) is 34.6 Å². The van der Waals surface area contributed by atoms with Gasteiger partial charge in [0.2, 0.25) is 0 Å². The zero-order chi connectivity index (χ0) is 15.9. The number of hydrogen-bond donors (Lipinski definition) is 0. The van der Waals surface area contributed by atoms with Gasteiger partial charge in [-0.3, -0.25) is 0 Å². The molecule has 0 heterocycles. The van der Waals surface area contributed by atoms with Crippen molar-refractivity contribution in [1.29, 1.82) is 0 Å². The molecule has 0 rings (SSSR count). The lowest BCUT2D eigenvalue weighted by Gasteiger charge is -2.23. The molecule has 5 heteroatoms. The predicted molar refractivity (Wildman–Crippen MR) is 82.7 cm³/mol. The summed E-state index contributed by atoms with van der Waals surface area (Å²) in [7, 11) is 0. The molecule has 0 N–H and O–H groups in total. The maximum Gasteiger partial charge on any atom is 0.333 e. The lowest BCUT2D eigenvalue weighted by Crippen LogP contribution is -2.29. The molecule has 0 aromatic rings. The highest BCUT2D eigenvalue weighted by Crippen LogP contribution is 2.24. The number of rotatable bonds is 7. The van der Waals surface area contributed by atoms with Gasteiger partial charge in [0.1, 0.15) is 12.7 Å². The highest BCUT2D eigenvalue weighted by molar-refractivity contribution is 8.00. The van der Waals surface area contributed by atoms with Crippen LogP contribution in [-0.4, -0.2) is 35.1 Å². The Labute approximate surface area is 125 Å². The Hall–Kier alpha value is -1.23. The zero-order valence-corrected chi connectivity index (χ0v) is 13.8. The molecule has 20 heavy (non-hydrogen) atoms. The van der Waals surface area contributed by atoms with Crippen molar-refractivity contribution in [2.45, 2.75) is 45.5 Å². The summed E-state index contributed by atoms with van der Waals surface area (Å²) in [5, 5.41) is 0. The van der Waals surface area contributed by atoms with Crippen molar-refractivity contribution in [3.63, 3.8) is 0 Å². The number of thioether (sulfide) groups is 1. The summed E-state index contributed by atoms with van der Waals surface area (Å²) in [6.07, 6.45) is -0.494. The van der Waals surface area contributed by atoms with Crippen LogP contribution in [0.25, 0.3) is 0 Å². The Bertz CT molecular complexity index is 393. The molecule has 0 aromatic carbocycles. The van der Waals surface area contributed by atoms with Crippen molar-refractivity contribution in [3.8, 4) is 0 Å². The van der Waals surface area contributed by atoms with E-state index < -0.39 is 18.0 Å². The van der Waals surface area contributed by atoms with Crippen molar-refractivity contribution in [2.75, 3.05) is 12.4 Å². The monoisotopic (exact) mass is 300 g/mol. The Kier molecular flexibility index (Phi) is 7.64. The fourth-order valence-electron chi connectivity index (χ4n) is 1.00. The molecule has 1 unspecified atom stereocenters. The van der Waals surface area contributed by atoms with E-state index in [1.165, 1.54) is 0 Å². The summed E-state index contributed by atoms with van der Waals surface area (Å²) in [6, 6.07) is 0. The molecule has 0 aliphatic heterocycles. The van der Waals surface area contributed by atoms with Crippen LogP contribution in [0.3, 0.4) is 0 Å². The van der Waals surface area contributed by atoms with E-state index >= 15 is 0 Å². The highest BCUT2D eigenvalue weighted by atomic mass is 32.2. The van der Waals surface area contributed by atoms with Gasteiger partial charge < -0.3 is 9.47 Å². The minimum atomic E-state index is -0.494. The van der Waals surface area contributed by atoms with Crippen molar-refractivity contribution in [1.82, 2.24) is 0 Å². The molecule has 0 amide bonds. The van der Waals surface area contributed by atoms with Gasteiger partial charge in [0.25, 0.3) is 0 Å². The van der Waals surface area contributed by atoms with E-state index in [9.17, 15) is 9.59 Å². The molecule has 0 aliphatic carbocycles. The van der Waals surface area contributed by atoms with E-state index in [1.54, 1.807) is 25.6 Å². The zero-order valence-electron chi connectivity index (χ0n) is 12.9. The predicted octanol–water partition coefficient (Wildman–Crippen LogP) is 3.13. The van der Waals surface area contributed by atoms with Gasteiger partial charge in [-0.25, -0.2) is 9.59 Å². The Balaban J connectivity index is 4.54. The molecule has 0 aliphatic rings. The van der Waals surface area contributed by atoms with Gasteiger partial charge in [0, 0.05) is 21.6 Å². The summed E-state index contributed by atoms with van der Waals surface area (Å²) in [5.41, 5.74) is 0.639. The van der Waals surface area contributed by atoms with Crippen LogP contribution in [-0.2, 0) is 19.1 Å². The molecular weight excluding hydrogens is 276 g/mol. The van der Waals surface area contributed by atoms with E-state index in [0.717, 1.165) is 0 Å². The number of esters is 2. The normalized spacial score (nSPS) is 12.4. The summed E-state index contributed by atoms with van der Waals surface area (Å²) in [5.74, 6) is -0.413. The van der Waals surface area contributed by atoms with Crippen LogP contribution in [0, 0.1) is 0 Å². The Morgan fingerprint density at radius 1 is 1.10 bits per heavy atom. The largest absolute Gasteiger partial charge is 0.458 e. The first-order chi connectivity index (χ1) is 9.03. The summed E-state index contributed by atoms with van der Waals surface area (Å²) >= 11 is 1.63. The molecule has 0 saturated carbocycles. The van der Waals surface area contributed by atoms with Gasteiger partial charge in [-0.1, -0.05) is 33.9 Å².